The van der Waals surface area contributed by atoms with Gasteiger partial charge in [0.2, 0.25) is 0 Å². The lowest BCUT2D eigenvalue weighted by Crippen LogP contribution is -2.26. The number of carboxylic acid groups (broad SMARTS) is 1. The van der Waals surface area contributed by atoms with E-state index in [-0.39, 0.29) is 22.7 Å². The van der Waals surface area contributed by atoms with Crippen molar-refractivity contribution in [2.45, 2.75) is 19.4 Å². The molecule has 0 saturated heterocycles. The van der Waals surface area contributed by atoms with E-state index in [1.807, 2.05) is 0 Å². The first-order valence-electron chi connectivity index (χ1n) is 4.95. The topological polar surface area (TPSA) is 89.6 Å². The highest BCUT2D eigenvalue weighted by Gasteiger charge is 2.22. The number of ether oxygens (including phenoxy) is 1. The summed E-state index contributed by atoms with van der Waals surface area (Å²) in [7, 11) is 0. The Morgan fingerprint density at radius 3 is 2.71 bits per heavy atom. The van der Waals surface area contributed by atoms with Gasteiger partial charge in [-0.3, -0.25) is 0 Å². The standard InChI is InChI=1S/C11H12ClNO4/c1-2-8(10(14)15)17-11(16)6-4-3-5-7(13)9(6)12/h3-5,8H,2,13H2,1H3,(H,14,15). The van der Waals surface area contributed by atoms with E-state index in [1.165, 1.54) is 12.1 Å². The van der Waals surface area contributed by atoms with Crippen LogP contribution < -0.4 is 5.73 Å². The van der Waals surface area contributed by atoms with Gasteiger partial charge in [-0.25, -0.2) is 9.59 Å². The average molecular weight is 258 g/mol. The summed E-state index contributed by atoms with van der Waals surface area (Å²) in [5, 5.41) is 8.83. The number of carbonyl (C=O) groups is 2. The molecule has 1 aromatic rings. The second-order valence-corrected chi connectivity index (χ2v) is 3.73. The Morgan fingerprint density at radius 1 is 1.53 bits per heavy atom. The van der Waals surface area contributed by atoms with Gasteiger partial charge in [0.25, 0.3) is 0 Å². The fraction of sp³-hybridized carbons (Fsp3) is 0.273. The van der Waals surface area contributed by atoms with E-state index in [0.29, 0.717) is 0 Å². The largest absolute Gasteiger partial charge is 0.479 e. The number of nitrogen functional groups attached to an aromatic ring is 1. The van der Waals surface area contributed by atoms with Crippen LogP contribution in [0.3, 0.4) is 0 Å². The SMILES string of the molecule is CCC(OC(=O)c1cccc(N)c1Cl)C(=O)O. The van der Waals surface area contributed by atoms with Crippen LogP contribution in [0, 0.1) is 0 Å². The molecule has 1 rings (SSSR count). The summed E-state index contributed by atoms with van der Waals surface area (Å²) in [5.41, 5.74) is 5.83. The summed E-state index contributed by atoms with van der Waals surface area (Å²) in [6, 6.07) is 4.50. The van der Waals surface area contributed by atoms with Crippen LogP contribution in [0.2, 0.25) is 5.02 Å². The number of halogens is 1. The highest BCUT2D eigenvalue weighted by Crippen LogP contribution is 2.24. The van der Waals surface area contributed by atoms with Crippen molar-refractivity contribution in [1.82, 2.24) is 0 Å². The van der Waals surface area contributed by atoms with Crippen LogP contribution in [0.5, 0.6) is 0 Å². The van der Waals surface area contributed by atoms with E-state index < -0.39 is 18.0 Å². The molecule has 1 unspecified atom stereocenters. The van der Waals surface area contributed by atoms with Gasteiger partial charge >= 0.3 is 11.9 Å². The molecule has 0 saturated carbocycles. The molecule has 0 aliphatic heterocycles. The number of hydrogen-bond donors (Lipinski definition) is 2. The Bertz CT molecular complexity index is 447. The quantitative estimate of drug-likeness (QED) is 0.635. The highest BCUT2D eigenvalue weighted by atomic mass is 35.5. The predicted molar refractivity (Wildman–Crippen MR) is 63.0 cm³/mol. The minimum absolute atomic E-state index is 0.0615. The van der Waals surface area contributed by atoms with Crippen LogP contribution >= 0.6 is 11.6 Å². The third kappa shape index (κ3) is 3.10. The second kappa shape index (κ2) is 5.54. The van der Waals surface area contributed by atoms with Crippen molar-refractivity contribution in [2.75, 3.05) is 5.73 Å². The summed E-state index contributed by atoms with van der Waals surface area (Å²) < 4.78 is 4.80. The van der Waals surface area contributed by atoms with E-state index in [4.69, 9.17) is 27.2 Å². The maximum atomic E-state index is 11.7. The Balaban J connectivity index is 2.90. The van der Waals surface area contributed by atoms with Crippen LogP contribution in [0.4, 0.5) is 5.69 Å². The van der Waals surface area contributed by atoms with Gasteiger partial charge < -0.3 is 15.6 Å². The van der Waals surface area contributed by atoms with Crippen LogP contribution in [0.1, 0.15) is 23.7 Å². The zero-order valence-electron chi connectivity index (χ0n) is 9.14. The van der Waals surface area contributed by atoms with Crippen molar-refractivity contribution in [3.05, 3.63) is 28.8 Å². The Kier molecular flexibility index (Phi) is 4.34. The molecule has 0 aromatic heterocycles. The molecule has 0 heterocycles. The third-order valence-corrected chi connectivity index (χ3v) is 2.57. The Morgan fingerprint density at radius 2 is 2.18 bits per heavy atom. The molecule has 1 atom stereocenters. The third-order valence-electron chi connectivity index (χ3n) is 2.14. The lowest BCUT2D eigenvalue weighted by Gasteiger charge is -2.12. The van der Waals surface area contributed by atoms with Gasteiger partial charge in [-0.2, -0.15) is 0 Å². The molecule has 17 heavy (non-hydrogen) atoms. The lowest BCUT2D eigenvalue weighted by molar-refractivity contribution is -0.147. The van der Waals surface area contributed by atoms with Gasteiger partial charge in [0, 0.05) is 0 Å². The molecule has 3 N–H and O–H groups in total. The van der Waals surface area contributed by atoms with E-state index >= 15 is 0 Å². The lowest BCUT2D eigenvalue weighted by atomic mass is 10.2. The molecule has 0 fully saturated rings. The predicted octanol–water partition coefficient (Wildman–Crippen LogP) is 1.94. The summed E-state index contributed by atoms with van der Waals surface area (Å²) >= 11 is 5.82. The number of rotatable bonds is 4. The maximum Gasteiger partial charge on any atom is 0.345 e. The van der Waals surface area contributed by atoms with Gasteiger partial charge in [-0.15, -0.1) is 0 Å². The number of nitrogens with two attached hydrogens (primary N) is 1. The van der Waals surface area contributed by atoms with Gasteiger partial charge in [-0.1, -0.05) is 24.6 Å². The number of carboxylic acids is 1. The van der Waals surface area contributed by atoms with Crippen LogP contribution in [-0.4, -0.2) is 23.1 Å². The number of aliphatic carboxylic acids is 1. The fourth-order valence-electron chi connectivity index (χ4n) is 1.21. The normalized spacial score (nSPS) is 11.9. The van der Waals surface area contributed by atoms with E-state index in [9.17, 15) is 9.59 Å². The zero-order chi connectivity index (χ0) is 13.0. The monoisotopic (exact) mass is 257 g/mol. The van der Waals surface area contributed by atoms with Crippen molar-refractivity contribution < 1.29 is 19.4 Å². The summed E-state index contributed by atoms with van der Waals surface area (Å²) in [6.45, 7) is 1.60. The first kappa shape index (κ1) is 13.3. The van der Waals surface area contributed by atoms with E-state index in [1.54, 1.807) is 13.0 Å². The molecule has 0 aliphatic rings. The van der Waals surface area contributed by atoms with Gasteiger partial charge in [0.15, 0.2) is 6.10 Å². The molecule has 5 nitrogen and oxygen atoms in total. The van der Waals surface area contributed by atoms with Gasteiger partial charge in [0.1, 0.15) is 0 Å². The first-order valence-corrected chi connectivity index (χ1v) is 5.33. The molecule has 0 amide bonds. The number of hydrogen-bond acceptors (Lipinski definition) is 4. The van der Waals surface area contributed by atoms with Gasteiger partial charge in [-0.05, 0) is 18.6 Å². The average Bonchev–Trinajstić information content (AvgIpc) is 2.28. The summed E-state index contributed by atoms with van der Waals surface area (Å²) in [4.78, 5) is 22.4. The molecule has 0 aliphatic carbocycles. The first-order chi connectivity index (χ1) is 7.97. The Hall–Kier alpha value is -1.75. The minimum Gasteiger partial charge on any atom is -0.479 e. The molecule has 0 spiro atoms. The van der Waals surface area contributed by atoms with E-state index in [2.05, 4.69) is 0 Å². The highest BCUT2D eigenvalue weighted by molar-refractivity contribution is 6.36. The second-order valence-electron chi connectivity index (χ2n) is 3.35. The smallest absolute Gasteiger partial charge is 0.345 e. The van der Waals surface area contributed by atoms with Crippen LogP contribution in [0.25, 0.3) is 0 Å². The fourth-order valence-corrected chi connectivity index (χ4v) is 1.41. The molecule has 92 valence electrons. The molecule has 6 heteroatoms. The molecular weight excluding hydrogens is 246 g/mol. The Labute approximate surface area is 103 Å². The minimum atomic E-state index is -1.19. The number of anilines is 1. The molecule has 0 radical (unpaired) electrons. The van der Waals surface area contributed by atoms with Crippen molar-refractivity contribution in [3.8, 4) is 0 Å². The van der Waals surface area contributed by atoms with Crippen molar-refractivity contribution in [3.63, 3.8) is 0 Å². The van der Waals surface area contributed by atoms with E-state index in [0.717, 1.165) is 0 Å². The number of carbonyl (C=O) groups excluding carboxylic acids is 1. The summed E-state index contributed by atoms with van der Waals surface area (Å²) in [6.07, 6.45) is -0.999. The summed E-state index contributed by atoms with van der Waals surface area (Å²) in [5.74, 6) is -1.99. The number of benzene rings is 1. The van der Waals surface area contributed by atoms with Crippen LogP contribution in [-0.2, 0) is 9.53 Å². The molecule has 1 aromatic carbocycles. The van der Waals surface area contributed by atoms with Gasteiger partial charge in [0.05, 0.1) is 16.3 Å². The molecule has 0 bridgehead atoms. The zero-order valence-corrected chi connectivity index (χ0v) is 9.90. The van der Waals surface area contributed by atoms with Crippen molar-refractivity contribution in [1.29, 1.82) is 0 Å². The number of esters is 1. The van der Waals surface area contributed by atoms with Crippen LogP contribution in [0.15, 0.2) is 18.2 Å². The van der Waals surface area contributed by atoms with Crippen molar-refractivity contribution in [2.24, 2.45) is 0 Å². The van der Waals surface area contributed by atoms with Crippen molar-refractivity contribution >= 4 is 29.2 Å². The molecular formula is C11H12ClNO4. The maximum absolute atomic E-state index is 11.7.